The Bertz CT molecular complexity index is 471. The van der Waals surface area contributed by atoms with E-state index in [1.54, 1.807) is 6.33 Å². The van der Waals surface area contributed by atoms with Crippen LogP contribution in [0.3, 0.4) is 0 Å². The molecule has 0 saturated carbocycles. The van der Waals surface area contributed by atoms with Crippen LogP contribution in [0.25, 0.3) is 0 Å². The lowest BCUT2D eigenvalue weighted by molar-refractivity contribution is 0.819. The lowest BCUT2D eigenvalue weighted by Gasteiger charge is -2.06. The molecule has 1 aromatic heterocycles. The first-order valence-electron chi connectivity index (χ1n) is 5.06. The first-order chi connectivity index (χ1) is 7.16. The lowest BCUT2D eigenvalue weighted by Crippen LogP contribution is -2.00. The minimum absolute atomic E-state index is 0.851. The van der Waals surface area contributed by atoms with E-state index in [0.717, 1.165) is 12.2 Å². The maximum Gasteiger partial charge on any atom is 0.136 e. The molecule has 0 aliphatic heterocycles. The molecule has 78 valence electrons. The fourth-order valence-corrected chi connectivity index (χ4v) is 1.63. The highest BCUT2D eigenvalue weighted by atomic mass is 15.2. The predicted octanol–water partition coefficient (Wildman–Crippen LogP) is 2.02. The van der Waals surface area contributed by atoms with Crippen molar-refractivity contribution in [3.05, 3.63) is 47.0 Å². The Morgan fingerprint density at radius 1 is 1.27 bits per heavy atom. The van der Waals surface area contributed by atoms with E-state index in [2.05, 4.69) is 42.2 Å². The molecular weight excluding hydrogens is 186 g/mol. The van der Waals surface area contributed by atoms with Crippen LogP contribution in [0.15, 0.2) is 24.5 Å². The maximum atomic E-state index is 4.09. The van der Waals surface area contributed by atoms with Gasteiger partial charge < -0.3 is 4.57 Å². The number of nitrogens with zero attached hydrogens (tertiary/aromatic N) is 3. The largest absolute Gasteiger partial charge is 0.320 e. The van der Waals surface area contributed by atoms with E-state index in [-0.39, 0.29) is 0 Å². The van der Waals surface area contributed by atoms with Crippen LogP contribution in [-0.2, 0) is 13.5 Å². The first kappa shape index (κ1) is 9.90. The van der Waals surface area contributed by atoms with Gasteiger partial charge in [-0.25, -0.2) is 0 Å². The molecule has 1 heterocycles. The van der Waals surface area contributed by atoms with E-state index >= 15 is 0 Å². The summed E-state index contributed by atoms with van der Waals surface area (Å²) in [5.41, 5.74) is 3.92. The van der Waals surface area contributed by atoms with Crippen molar-refractivity contribution in [3.8, 4) is 0 Å². The fourth-order valence-electron chi connectivity index (χ4n) is 1.63. The molecule has 3 nitrogen and oxygen atoms in total. The Morgan fingerprint density at radius 3 is 2.73 bits per heavy atom. The van der Waals surface area contributed by atoms with Crippen LogP contribution in [0.1, 0.15) is 22.5 Å². The quantitative estimate of drug-likeness (QED) is 0.744. The third kappa shape index (κ3) is 2.06. The summed E-state index contributed by atoms with van der Waals surface area (Å²) in [6, 6.07) is 6.50. The summed E-state index contributed by atoms with van der Waals surface area (Å²) in [6.07, 6.45) is 2.59. The van der Waals surface area contributed by atoms with Crippen LogP contribution in [0.2, 0.25) is 0 Å². The Morgan fingerprint density at radius 2 is 2.07 bits per heavy atom. The molecule has 0 aliphatic carbocycles. The number of hydrogen-bond donors (Lipinski definition) is 0. The maximum absolute atomic E-state index is 4.09. The van der Waals surface area contributed by atoms with Gasteiger partial charge in [0.05, 0.1) is 0 Å². The van der Waals surface area contributed by atoms with Crippen molar-refractivity contribution in [1.29, 1.82) is 0 Å². The smallest absolute Gasteiger partial charge is 0.136 e. The van der Waals surface area contributed by atoms with Gasteiger partial charge in [0.1, 0.15) is 12.2 Å². The Balaban J connectivity index is 2.32. The molecule has 0 amide bonds. The van der Waals surface area contributed by atoms with Gasteiger partial charge >= 0.3 is 0 Å². The lowest BCUT2D eigenvalue weighted by atomic mass is 10.0. The molecule has 0 aliphatic rings. The van der Waals surface area contributed by atoms with E-state index in [9.17, 15) is 0 Å². The van der Waals surface area contributed by atoms with Crippen molar-refractivity contribution < 1.29 is 0 Å². The molecular formula is C12H15N3. The summed E-state index contributed by atoms with van der Waals surface area (Å²) in [5.74, 6) is 1.00. The van der Waals surface area contributed by atoms with Gasteiger partial charge in [-0.3, -0.25) is 0 Å². The molecule has 2 rings (SSSR count). The average Bonchev–Trinajstić information content (AvgIpc) is 2.58. The summed E-state index contributed by atoms with van der Waals surface area (Å²) in [5, 5.41) is 7.98. The molecule has 3 heteroatoms. The molecule has 0 atom stereocenters. The SMILES string of the molecule is Cc1ccc(C)c(Cc2nncn2C)c1. The van der Waals surface area contributed by atoms with E-state index in [4.69, 9.17) is 0 Å². The standard InChI is InChI=1S/C12H15N3/c1-9-4-5-10(2)11(6-9)7-12-14-13-8-15(12)3/h4-6,8H,7H2,1-3H3. The van der Waals surface area contributed by atoms with Gasteiger partial charge in [-0.1, -0.05) is 23.8 Å². The normalized spacial score (nSPS) is 10.6. The molecule has 15 heavy (non-hydrogen) atoms. The van der Waals surface area contributed by atoms with Crippen molar-refractivity contribution in [3.63, 3.8) is 0 Å². The second-order valence-corrected chi connectivity index (χ2v) is 3.96. The van der Waals surface area contributed by atoms with Crippen LogP contribution in [0, 0.1) is 13.8 Å². The molecule has 0 bridgehead atoms. The zero-order valence-electron chi connectivity index (χ0n) is 9.36. The molecule has 1 aromatic carbocycles. The fraction of sp³-hybridized carbons (Fsp3) is 0.333. The number of aromatic nitrogens is 3. The number of hydrogen-bond acceptors (Lipinski definition) is 2. The summed E-state index contributed by atoms with van der Waals surface area (Å²) in [6.45, 7) is 4.24. The average molecular weight is 201 g/mol. The van der Waals surface area contributed by atoms with Crippen LogP contribution < -0.4 is 0 Å². The minimum atomic E-state index is 0.851. The zero-order chi connectivity index (χ0) is 10.8. The third-order valence-electron chi connectivity index (χ3n) is 2.66. The van der Waals surface area contributed by atoms with Gasteiger partial charge in [0.15, 0.2) is 0 Å². The first-order valence-corrected chi connectivity index (χ1v) is 5.06. The summed E-state index contributed by atoms with van der Waals surface area (Å²) >= 11 is 0. The van der Waals surface area contributed by atoms with Gasteiger partial charge in [0.2, 0.25) is 0 Å². The topological polar surface area (TPSA) is 30.7 Å². The highest BCUT2D eigenvalue weighted by molar-refractivity contribution is 5.32. The predicted molar refractivity (Wildman–Crippen MR) is 59.7 cm³/mol. The van der Waals surface area contributed by atoms with Crippen molar-refractivity contribution in [1.82, 2.24) is 14.8 Å². The molecule has 0 N–H and O–H groups in total. The number of aryl methyl sites for hydroxylation is 3. The van der Waals surface area contributed by atoms with Crippen molar-refractivity contribution >= 4 is 0 Å². The van der Waals surface area contributed by atoms with E-state index in [0.29, 0.717) is 0 Å². The van der Waals surface area contributed by atoms with Gasteiger partial charge in [-0.05, 0) is 25.0 Å². The molecule has 0 spiro atoms. The second kappa shape index (κ2) is 3.85. The number of benzene rings is 1. The van der Waals surface area contributed by atoms with Crippen molar-refractivity contribution in [2.24, 2.45) is 7.05 Å². The zero-order valence-corrected chi connectivity index (χ0v) is 9.36. The van der Waals surface area contributed by atoms with Gasteiger partial charge in [0.25, 0.3) is 0 Å². The third-order valence-corrected chi connectivity index (χ3v) is 2.66. The van der Waals surface area contributed by atoms with Gasteiger partial charge in [-0.15, -0.1) is 10.2 Å². The minimum Gasteiger partial charge on any atom is -0.320 e. The van der Waals surface area contributed by atoms with E-state index < -0.39 is 0 Å². The summed E-state index contributed by atoms with van der Waals surface area (Å²) in [4.78, 5) is 0. The molecule has 2 aromatic rings. The summed E-state index contributed by atoms with van der Waals surface area (Å²) in [7, 11) is 1.97. The monoisotopic (exact) mass is 201 g/mol. The molecule has 0 saturated heterocycles. The van der Waals surface area contributed by atoms with Crippen LogP contribution in [0.4, 0.5) is 0 Å². The van der Waals surface area contributed by atoms with Crippen LogP contribution in [0.5, 0.6) is 0 Å². The van der Waals surface area contributed by atoms with E-state index in [1.807, 2.05) is 11.6 Å². The highest BCUT2D eigenvalue weighted by Gasteiger charge is 2.04. The van der Waals surface area contributed by atoms with Crippen molar-refractivity contribution in [2.45, 2.75) is 20.3 Å². The van der Waals surface area contributed by atoms with Crippen molar-refractivity contribution in [2.75, 3.05) is 0 Å². The Labute approximate surface area is 89.8 Å². The summed E-state index contributed by atoms with van der Waals surface area (Å²) < 4.78 is 1.96. The molecule has 0 fully saturated rings. The molecule has 0 radical (unpaired) electrons. The van der Waals surface area contributed by atoms with Gasteiger partial charge in [0, 0.05) is 13.5 Å². The number of rotatable bonds is 2. The Kier molecular flexibility index (Phi) is 2.54. The van der Waals surface area contributed by atoms with Gasteiger partial charge in [-0.2, -0.15) is 0 Å². The molecule has 0 unspecified atom stereocenters. The van der Waals surface area contributed by atoms with Crippen LogP contribution >= 0.6 is 0 Å². The van der Waals surface area contributed by atoms with Crippen LogP contribution in [-0.4, -0.2) is 14.8 Å². The highest BCUT2D eigenvalue weighted by Crippen LogP contribution is 2.13. The second-order valence-electron chi connectivity index (χ2n) is 3.96. The Hall–Kier alpha value is -1.64. The van der Waals surface area contributed by atoms with E-state index in [1.165, 1.54) is 16.7 Å².